The number of likely N-dealkylation sites (tertiary alicyclic amines) is 1. The third-order valence-corrected chi connectivity index (χ3v) is 6.73. The molecule has 3 heterocycles. The molecule has 1 saturated heterocycles. The molecule has 1 saturated carbocycles. The first kappa shape index (κ1) is 19.6. The van der Waals surface area contributed by atoms with Crippen LogP contribution in [0.15, 0.2) is 29.3 Å². The zero-order chi connectivity index (χ0) is 20.5. The van der Waals surface area contributed by atoms with Gasteiger partial charge in [0.1, 0.15) is 11.2 Å². The number of amides is 1. The molecule has 1 N–H and O–H groups in total. The molecule has 7 nitrogen and oxygen atoms in total. The summed E-state index contributed by atoms with van der Waals surface area (Å²) in [7, 11) is 0. The van der Waals surface area contributed by atoms with Crippen LogP contribution in [0.4, 0.5) is 0 Å². The van der Waals surface area contributed by atoms with Crippen molar-refractivity contribution >= 4 is 17.5 Å². The molecule has 0 bridgehead atoms. The second-order valence-corrected chi connectivity index (χ2v) is 8.38. The molecule has 2 aromatic heterocycles. The lowest BCUT2D eigenvalue weighted by Crippen LogP contribution is -2.44. The molecule has 29 heavy (non-hydrogen) atoms. The fraction of sp³-hybridized carbons (Fsp3) is 0.545. The van der Waals surface area contributed by atoms with Crippen molar-refractivity contribution in [3.8, 4) is 0 Å². The van der Waals surface area contributed by atoms with E-state index in [9.17, 15) is 19.5 Å². The molecule has 4 rings (SSSR count). The van der Waals surface area contributed by atoms with E-state index in [0.29, 0.717) is 24.7 Å². The van der Waals surface area contributed by atoms with Gasteiger partial charge in [-0.3, -0.25) is 18.8 Å². The Hall–Kier alpha value is -2.70. The third-order valence-electron chi connectivity index (χ3n) is 6.73. The van der Waals surface area contributed by atoms with Gasteiger partial charge < -0.3 is 10.0 Å². The van der Waals surface area contributed by atoms with Crippen LogP contribution in [0.1, 0.15) is 54.4 Å². The minimum absolute atomic E-state index is 0.0904. The SMILES string of the molecule is Cc1cccn2c(=O)c(C(=O)N3CCC(C4CCCCC4C(=O)O)CC3)cnc12. The van der Waals surface area contributed by atoms with E-state index in [1.54, 1.807) is 17.2 Å². The number of piperidine rings is 1. The molecular formula is C22H27N3O4. The molecule has 154 valence electrons. The molecule has 0 spiro atoms. The summed E-state index contributed by atoms with van der Waals surface area (Å²) in [4.78, 5) is 43.5. The van der Waals surface area contributed by atoms with Crippen molar-refractivity contribution in [2.75, 3.05) is 13.1 Å². The van der Waals surface area contributed by atoms with Gasteiger partial charge in [-0.15, -0.1) is 0 Å². The van der Waals surface area contributed by atoms with E-state index in [0.717, 1.165) is 44.1 Å². The highest BCUT2D eigenvalue weighted by Crippen LogP contribution is 2.39. The molecule has 1 aliphatic carbocycles. The second kappa shape index (κ2) is 7.97. The van der Waals surface area contributed by atoms with Crippen molar-refractivity contribution in [2.45, 2.75) is 45.4 Å². The predicted octanol–water partition coefficient (Wildman–Crippen LogP) is 2.75. The van der Waals surface area contributed by atoms with Crippen molar-refractivity contribution in [3.05, 3.63) is 46.0 Å². The number of hydrogen-bond acceptors (Lipinski definition) is 4. The average molecular weight is 397 g/mol. The van der Waals surface area contributed by atoms with Crippen molar-refractivity contribution in [1.82, 2.24) is 14.3 Å². The molecule has 0 radical (unpaired) electrons. The van der Waals surface area contributed by atoms with Crippen molar-refractivity contribution < 1.29 is 14.7 Å². The van der Waals surface area contributed by atoms with Gasteiger partial charge >= 0.3 is 5.97 Å². The zero-order valence-electron chi connectivity index (χ0n) is 16.7. The minimum atomic E-state index is -0.682. The highest BCUT2D eigenvalue weighted by molar-refractivity contribution is 5.93. The monoisotopic (exact) mass is 397 g/mol. The molecule has 7 heteroatoms. The number of fused-ring (bicyclic) bond motifs is 1. The number of carboxylic acid groups (broad SMARTS) is 1. The van der Waals surface area contributed by atoms with E-state index < -0.39 is 5.97 Å². The van der Waals surface area contributed by atoms with Crippen LogP contribution in [0.3, 0.4) is 0 Å². The lowest BCUT2D eigenvalue weighted by atomic mass is 9.69. The summed E-state index contributed by atoms with van der Waals surface area (Å²) < 4.78 is 1.43. The van der Waals surface area contributed by atoms with Crippen LogP contribution in [-0.4, -0.2) is 44.4 Å². The van der Waals surface area contributed by atoms with Crippen molar-refractivity contribution in [3.63, 3.8) is 0 Å². The Balaban J connectivity index is 1.48. The maximum Gasteiger partial charge on any atom is 0.306 e. The van der Waals surface area contributed by atoms with E-state index in [1.165, 1.54) is 10.6 Å². The lowest BCUT2D eigenvalue weighted by Gasteiger charge is -2.40. The highest BCUT2D eigenvalue weighted by Gasteiger charge is 2.38. The number of carboxylic acids is 1. The quantitative estimate of drug-likeness (QED) is 0.860. The van der Waals surface area contributed by atoms with Gasteiger partial charge in [-0.25, -0.2) is 4.98 Å². The third kappa shape index (κ3) is 3.66. The highest BCUT2D eigenvalue weighted by atomic mass is 16.4. The summed E-state index contributed by atoms with van der Waals surface area (Å²) in [5.41, 5.74) is 1.19. The molecule has 1 amide bonds. The van der Waals surface area contributed by atoms with Crippen LogP contribution >= 0.6 is 0 Å². The van der Waals surface area contributed by atoms with Gasteiger partial charge in [0, 0.05) is 25.5 Å². The van der Waals surface area contributed by atoms with Crippen LogP contribution < -0.4 is 5.56 Å². The largest absolute Gasteiger partial charge is 0.481 e. The van der Waals surface area contributed by atoms with E-state index in [-0.39, 0.29) is 28.9 Å². The topological polar surface area (TPSA) is 92.0 Å². The molecular weight excluding hydrogens is 370 g/mol. The van der Waals surface area contributed by atoms with Gasteiger partial charge in [-0.2, -0.15) is 0 Å². The molecule has 2 atom stereocenters. The molecule has 2 aromatic rings. The maximum absolute atomic E-state index is 13.0. The summed E-state index contributed by atoms with van der Waals surface area (Å²) in [6, 6.07) is 3.65. The van der Waals surface area contributed by atoms with E-state index in [1.807, 2.05) is 13.0 Å². The molecule has 1 aliphatic heterocycles. The fourth-order valence-electron chi connectivity index (χ4n) is 5.13. The fourth-order valence-corrected chi connectivity index (χ4v) is 5.13. The van der Waals surface area contributed by atoms with Gasteiger partial charge in [-0.1, -0.05) is 18.9 Å². The van der Waals surface area contributed by atoms with Crippen LogP contribution in [0, 0.1) is 24.7 Å². The minimum Gasteiger partial charge on any atom is -0.481 e. The second-order valence-electron chi connectivity index (χ2n) is 8.38. The smallest absolute Gasteiger partial charge is 0.306 e. The molecule has 0 aromatic carbocycles. The zero-order valence-corrected chi connectivity index (χ0v) is 16.7. The number of aliphatic carboxylic acids is 1. The number of hydrogen-bond donors (Lipinski definition) is 1. The Morgan fingerprint density at radius 3 is 2.59 bits per heavy atom. The summed E-state index contributed by atoms with van der Waals surface area (Å²) in [6.45, 7) is 2.99. The number of aryl methyl sites for hydroxylation is 1. The number of aromatic nitrogens is 2. The van der Waals surface area contributed by atoms with E-state index >= 15 is 0 Å². The Labute approximate surface area is 169 Å². The van der Waals surface area contributed by atoms with Gasteiger partial charge in [0.15, 0.2) is 0 Å². The number of carbonyl (C=O) groups excluding carboxylic acids is 1. The number of rotatable bonds is 3. The molecule has 2 aliphatic rings. The summed E-state index contributed by atoms with van der Waals surface area (Å²) in [5, 5.41) is 9.56. The first-order valence-electron chi connectivity index (χ1n) is 10.5. The normalized spacial score (nSPS) is 23.3. The van der Waals surface area contributed by atoms with Crippen LogP contribution in [0.25, 0.3) is 5.65 Å². The first-order chi connectivity index (χ1) is 14.0. The summed E-state index contributed by atoms with van der Waals surface area (Å²) >= 11 is 0. The summed E-state index contributed by atoms with van der Waals surface area (Å²) in [6.07, 6.45) is 8.42. The Morgan fingerprint density at radius 2 is 1.86 bits per heavy atom. The number of nitrogens with zero attached hydrogens (tertiary/aromatic N) is 3. The van der Waals surface area contributed by atoms with Crippen LogP contribution in [-0.2, 0) is 4.79 Å². The lowest BCUT2D eigenvalue weighted by molar-refractivity contribution is -0.146. The molecule has 2 fully saturated rings. The van der Waals surface area contributed by atoms with Crippen LogP contribution in [0.2, 0.25) is 0 Å². The Morgan fingerprint density at radius 1 is 1.14 bits per heavy atom. The summed E-state index contributed by atoms with van der Waals surface area (Å²) in [5.74, 6) is -0.684. The van der Waals surface area contributed by atoms with Crippen molar-refractivity contribution in [1.29, 1.82) is 0 Å². The van der Waals surface area contributed by atoms with Gasteiger partial charge in [0.25, 0.3) is 11.5 Å². The maximum atomic E-state index is 13.0. The van der Waals surface area contributed by atoms with Gasteiger partial charge in [0.05, 0.1) is 5.92 Å². The first-order valence-corrected chi connectivity index (χ1v) is 10.5. The standard InChI is InChI=1S/C22H27N3O4/c1-14-5-4-10-25-19(14)23-13-18(21(25)27)20(26)24-11-8-15(9-12-24)16-6-2-3-7-17(16)22(28)29/h4-5,10,13,15-17H,2-3,6-9,11-12H2,1H3,(H,28,29). The number of pyridine rings is 1. The van der Waals surface area contributed by atoms with Gasteiger partial charge in [-0.05, 0) is 56.1 Å². The van der Waals surface area contributed by atoms with Crippen molar-refractivity contribution in [2.24, 2.45) is 17.8 Å². The van der Waals surface area contributed by atoms with Gasteiger partial charge in [0.2, 0.25) is 0 Å². The number of carbonyl (C=O) groups is 2. The molecule has 2 unspecified atom stereocenters. The Bertz CT molecular complexity index is 991. The van der Waals surface area contributed by atoms with E-state index in [2.05, 4.69) is 4.98 Å². The Kier molecular flexibility index (Phi) is 5.39. The van der Waals surface area contributed by atoms with Crippen LogP contribution in [0.5, 0.6) is 0 Å². The van der Waals surface area contributed by atoms with E-state index in [4.69, 9.17) is 0 Å². The predicted molar refractivity (Wildman–Crippen MR) is 108 cm³/mol. The average Bonchev–Trinajstić information content (AvgIpc) is 2.74.